The lowest BCUT2D eigenvalue weighted by Gasteiger charge is -2.01. The lowest BCUT2D eigenvalue weighted by atomic mass is 10.2. The quantitative estimate of drug-likeness (QED) is 0.483. The van der Waals surface area contributed by atoms with E-state index >= 15 is 0 Å². The Labute approximate surface area is 59.4 Å². The molecule has 0 aliphatic carbocycles. The molecule has 0 radical (unpaired) electrons. The van der Waals surface area contributed by atoms with Crippen molar-refractivity contribution in [3.63, 3.8) is 0 Å². The molecule has 10 heavy (non-hydrogen) atoms. The molecule has 0 amide bonds. The molecule has 1 aliphatic rings. The molecule has 0 aromatic heterocycles. The van der Waals surface area contributed by atoms with Crippen molar-refractivity contribution in [2.75, 3.05) is 13.7 Å². The summed E-state index contributed by atoms with van der Waals surface area (Å²) in [6, 6.07) is 0. The summed E-state index contributed by atoms with van der Waals surface area (Å²) in [5.41, 5.74) is 0.619. The molecule has 0 bridgehead atoms. The van der Waals surface area contributed by atoms with Gasteiger partial charge in [0, 0.05) is 0 Å². The average molecular weight is 140 g/mol. The van der Waals surface area contributed by atoms with Gasteiger partial charge in [0.1, 0.15) is 11.8 Å². The van der Waals surface area contributed by atoms with Gasteiger partial charge in [-0.1, -0.05) is 0 Å². The molecule has 54 valence electrons. The van der Waals surface area contributed by atoms with Crippen LogP contribution in [0.1, 0.15) is 0 Å². The molecule has 0 fully saturated rings. The molecule has 1 aliphatic heterocycles. The largest absolute Gasteiger partial charge is 0.465 e. The molecule has 0 atom stereocenters. The first-order valence-corrected chi connectivity index (χ1v) is 3.13. The topological polar surface area (TPSA) is 42.9 Å². The molecule has 3 heteroatoms. The van der Waals surface area contributed by atoms with Gasteiger partial charge in [0.25, 0.3) is 0 Å². The van der Waals surface area contributed by atoms with E-state index < -0.39 is 0 Å². The highest BCUT2D eigenvalue weighted by Gasteiger charge is 2.09. The number of rotatable bonds is 1. The lowest BCUT2D eigenvalue weighted by molar-refractivity contribution is -0.579. The maximum atomic E-state index is 10.8. The molecule has 0 saturated carbocycles. The van der Waals surface area contributed by atoms with Crippen LogP contribution in [0, 0.1) is 0 Å². The van der Waals surface area contributed by atoms with E-state index in [-0.39, 0.29) is 5.97 Å². The third-order valence-electron chi connectivity index (χ3n) is 1.29. The molecule has 0 aromatic rings. The van der Waals surface area contributed by atoms with Gasteiger partial charge >= 0.3 is 5.97 Å². The minimum absolute atomic E-state index is 0.271. The van der Waals surface area contributed by atoms with Crippen LogP contribution in [0.5, 0.6) is 0 Å². The molecule has 0 aromatic carbocycles. The molecule has 3 nitrogen and oxygen atoms in total. The van der Waals surface area contributed by atoms with Crippen molar-refractivity contribution in [3.8, 4) is 0 Å². The number of carbonyl (C=O) groups excluding carboxylic acids is 1. The number of methoxy groups -OCH3 is 1. The number of ether oxygens (including phenoxy) is 1. The molecule has 0 saturated heterocycles. The van der Waals surface area contributed by atoms with Crippen LogP contribution in [0.15, 0.2) is 23.9 Å². The van der Waals surface area contributed by atoms with Crippen LogP contribution in [-0.4, -0.2) is 19.6 Å². The van der Waals surface area contributed by atoms with Gasteiger partial charge in [-0.3, -0.25) is 0 Å². The SMILES string of the molecule is COC(=O)C1=C[NH2+]CC=C1. The Hall–Kier alpha value is -1.09. The fourth-order valence-electron chi connectivity index (χ4n) is 0.778. The number of hydrogen-bond acceptors (Lipinski definition) is 2. The zero-order valence-corrected chi connectivity index (χ0v) is 5.83. The van der Waals surface area contributed by atoms with Crippen LogP contribution in [0.3, 0.4) is 0 Å². The highest BCUT2D eigenvalue weighted by atomic mass is 16.5. The van der Waals surface area contributed by atoms with Crippen LogP contribution >= 0.6 is 0 Å². The van der Waals surface area contributed by atoms with Crippen molar-refractivity contribution in [2.45, 2.75) is 0 Å². The maximum Gasteiger partial charge on any atom is 0.343 e. The highest BCUT2D eigenvalue weighted by molar-refractivity contribution is 5.91. The van der Waals surface area contributed by atoms with Crippen molar-refractivity contribution in [3.05, 3.63) is 23.9 Å². The van der Waals surface area contributed by atoms with E-state index in [1.54, 1.807) is 12.3 Å². The number of nitrogens with two attached hydrogens (primary N) is 1. The molecule has 1 heterocycles. The Balaban J connectivity index is 2.63. The zero-order valence-electron chi connectivity index (χ0n) is 5.83. The zero-order chi connectivity index (χ0) is 7.40. The highest BCUT2D eigenvalue weighted by Crippen LogP contribution is 1.97. The van der Waals surface area contributed by atoms with Crippen LogP contribution in [0.4, 0.5) is 0 Å². The molecule has 0 unspecified atom stereocenters. The van der Waals surface area contributed by atoms with E-state index in [2.05, 4.69) is 4.74 Å². The minimum atomic E-state index is -0.271. The predicted molar refractivity (Wildman–Crippen MR) is 36.0 cm³/mol. The van der Waals surface area contributed by atoms with E-state index in [9.17, 15) is 4.79 Å². The van der Waals surface area contributed by atoms with Crippen LogP contribution < -0.4 is 5.32 Å². The fraction of sp³-hybridized carbons (Fsp3) is 0.286. The molecule has 2 N–H and O–H groups in total. The van der Waals surface area contributed by atoms with Gasteiger partial charge in [0.2, 0.25) is 0 Å². The van der Waals surface area contributed by atoms with Crippen molar-refractivity contribution < 1.29 is 14.8 Å². The van der Waals surface area contributed by atoms with E-state index in [0.29, 0.717) is 5.57 Å². The van der Waals surface area contributed by atoms with Crippen molar-refractivity contribution in [1.29, 1.82) is 0 Å². The third-order valence-corrected chi connectivity index (χ3v) is 1.29. The van der Waals surface area contributed by atoms with Crippen LogP contribution in [0.25, 0.3) is 0 Å². The minimum Gasteiger partial charge on any atom is -0.465 e. The summed E-state index contributed by atoms with van der Waals surface area (Å²) >= 11 is 0. The Morgan fingerprint density at radius 2 is 2.60 bits per heavy atom. The van der Waals surface area contributed by atoms with E-state index in [0.717, 1.165) is 6.54 Å². The van der Waals surface area contributed by atoms with E-state index in [1.807, 2.05) is 11.4 Å². The second-order valence-corrected chi connectivity index (χ2v) is 1.99. The Morgan fingerprint density at radius 3 is 3.10 bits per heavy atom. The fourth-order valence-corrected chi connectivity index (χ4v) is 0.778. The summed E-state index contributed by atoms with van der Waals surface area (Å²) in [5, 5.41) is 1.92. The van der Waals surface area contributed by atoms with Crippen LogP contribution in [-0.2, 0) is 9.53 Å². The summed E-state index contributed by atoms with van der Waals surface area (Å²) in [4.78, 5) is 10.8. The predicted octanol–water partition coefficient (Wildman–Crippen LogP) is -0.823. The first kappa shape index (κ1) is 7.02. The van der Waals surface area contributed by atoms with Gasteiger partial charge in [-0.25, -0.2) is 4.79 Å². The second kappa shape index (κ2) is 3.17. The third kappa shape index (κ3) is 1.45. The molecule has 0 spiro atoms. The monoisotopic (exact) mass is 140 g/mol. The van der Waals surface area contributed by atoms with E-state index in [4.69, 9.17) is 0 Å². The molecular formula is C7H10NO2+. The first-order chi connectivity index (χ1) is 4.84. The van der Waals surface area contributed by atoms with Gasteiger partial charge in [0.15, 0.2) is 0 Å². The standard InChI is InChI=1S/C7H9NO2/c1-10-7(9)6-3-2-4-8-5-6/h2-3,5,8H,4H2,1H3/p+1. The number of carbonyl (C=O) groups is 1. The summed E-state index contributed by atoms with van der Waals surface area (Å²) in [6.45, 7) is 0.903. The van der Waals surface area contributed by atoms with Gasteiger partial charge < -0.3 is 10.1 Å². The van der Waals surface area contributed by atoms with Crippen molar-refractivity contribution in [1.82, 2.24) is 0 Å². The molecule has 1 rings (SSSR count). The second-order valence-electron chi connectivity index (χ2n) is 1.99. The van der Waals surface area contributed by atoms with Gasteiger partial charge in [0.05, 0.1) is 13.7 Å². The van der Waals surface area contributed by atoms with Gasteiger partial charge in [-0.15, -0.1) is 0 Å². The Kier molecular flexibility index (Phi) is 2.23. The van der Waals surface area contributed by atoms with E-state index in [1.165, 1.54) is 7.11 Å². The average Bonchev–Trinajstić information content (AvgIpc) is 2.05. The Morgan fingerprint density at radius 1 is 1.80 bits per heavy atom. The smallest absolute Gasteiger partial charge is 0.343 e. The molecular weight excluding hydrogens is 130 g/mol. The normalized spacial score (nSPS) is 16.3. The first-order valence-electron chi connectivity index (χ1n) is 3.13. The lowest BCUT2D eigenvalue weighted by Crippen LogP contribution is -2.78. The summed E-state index contributed by atoms with van der Waals surface area (Å²) in [6.07, 6.45) is 5.46. The Bertz CT molecular complexity index is 194. The number of quaternary nitrogens is 1. The summed E-state index contributed by atoms with van der Waals surface area (Å²) in [5.74, 6) is -0.271. The summed E-state index contributed by atoms with van der Waals surface area (Å²) < 4.78 is 4.51. The number of hydrogen-bond donors (Lipinski definition) is 1. The maximum absolute atomic E-state index is 10.8. The van der Waals surface area contributed by atoms with Gasteiger partial charge in [-0.05, 0) is 12.2 Å². The van der Waals surface area contributed by atoms with Gasteiger partial charge in [-0.2, -0.15) is 0 Å². The summed E-state index contributed by atoms with van der Waals surface area (Å²) in [7, 11) is 1.38. The van der Waals surface area contributed by atoms with Crippen molar-refractivity contribution >= 4 is 5.97 Å². The van der Waals surface area contributed by atoms with Crippen LogP contribution in [0.2, 0.25) is 0 Å². The number of esters is 1. The van der Waals surface area contributed by atoms with Crippen molar-refractivity contribution in [2.24, 2.45) is 0 Å².